The number of ketones is 1. The van der Waals surface area contributed by atoms with Gasteiger partial charge in [0.05, 0.1) is 0 Å². The van der Waals surface area contributed by atoms with E-state index in [1.807, 2.05) is 43.3 Å². The van der Waals surface area contributed by atoms with Crippen LogP contribution in [0.4, 0.5) is 0 Å². The number of allylic oxidation sites excluding steroid dienone is 1. The number of benzene rings is 1. The molecule has 0 aliphatic carbocycles. The Morgan fingerprint density at radius 1 is 1.43 bits per heavy atom. The molecule has 1 aromatic carbocycles. The average Bonchev–Trinajstić information content (AvgIpc) is 2.18. The third-order valence-electron chi connectivity index (χ3n) is 2.50. The van der Waals surface area contributed by atoms with Crippen LogP contribution in [0.3, 0.4) is 0 Å². The first-order chi connectivity index (χ1) is 6.58. The van der Waals surface area contributed by atoms with E-state index in [0.29, 0.717) is 6.42 Å². The zero-order valence-electron chi connectivity index (χ0n) is 8.79. The molecule has 0 bridgehead atoms. The van der Waals surface area contributed by atoms with Crippen LogP contribution in [-0.2, 0) is 10.2 Å². The molecule has 1 unspecified atom stereocenters. The maximum Gasteiger partial charge on any atom is 0.131 e. The average molecular weight is 188 g/mol. The van der Waals surface area contributed by atoms with E-state index >= 15 is 0 Å². The molecule has 1 atom stereocenters. The Labute approximate surface area is 85.5 Å². The molecule has 0 aliphatic rings. The van der Waals surface area contributed by atoms with Crippen molar-refractivity contribution in [3.63, 3.8) is 0 Å². The molecule has 1 nitrogen and oxygen atoms in total. The Morgan fingerprint density at radius 3 is 2.43 bits per heavy atom. The summed E-state index contributed by atoms with van der Waals surface area (Å²) in [5.74, 6) is 0.191. The lowest BCUT2D eigenvalue weighted by atomic mass is 9.78. The molecule has 0 radical (unpaired) electrons. The van der Waals surface area contributed by atoms with Crippen LogP contribution in [0, 0.1) is 0 Å². The second kappa shape index (κ2) is 4.23. The van der Waals surface area contributed by atoms with Crippen LogP contribution >= 0.6 is 0 Å². The summed E-state index contributed by atoms with van der Waals surface area (Å²) in [4.78, 5) is 11.1. The summed E-state index contributed by atoms with van der Waals surface area (Å²) in [5.41, 5.74) is 0.915. The van der Waals surface area contributed by atoms with Gasteiger partial charge in [0.25, 0.3) is 0 Å². The molecular weight excluding hydrogens is 172 g/mol. The highest BCUT2D eigenvalue weighted by Gasteiger charge is 2.24. The van der Waals surface area contributed by atoms with Crippen LogP contribution in [-0.4, -0.2) is 5.78 Å². The molecular formula is C13H16O. The van der Waals surface area contributed by atoms with Gasteiger partial charge < -0.3 is 0 Å². The Hall–Kier alpha value is -1.37. The summed E-state index contributed by atoms with van der Waals surface area (Å²) < 4.78 is 0. The number of carbonyl (C=O) groups excluding carboxylic acids is 1. The fourth-order valence-electron chi connectivity index (χ4n) is 1.63. The van der Waals surface area contributed by atoms with Crippen molar-refractivity contribution >= 4 is 5.78 Å². The molecule has 0 aliphatic heterocycles. The number of hydrogen-bond acceptors (Lipinski definition) is 1. The van der Waals surface area contributed by atoms with Crippen molar-refractivity contribution < 1.29 is 4.79 Å². The molecule has 0 N–H and O–H groups in total. The molecule has 1 heteroatoms. The van der Waals surface area contributed by atoms with E-state index in [1.54, 1.807) is 6.92 Å². The van der Waals surface area contributed by atoms with Gasteiger partial charge >= 0.3 is 0 Å². The van der Waals surface area contributed by atoms with E-state index in [9.17, 15) is 4.79 Å². The van der Waals surface area contributed by atoms with Gasteiger partial charge in [0.15, 0.2) is 0 Å². The lowest BCUT2D eigenvalue weighted by Crippen LogP contribution is -2.21. The van der Waals surface area contributed by atoms with Crippen molar-refractivity contribution in [1.82, 2.24) is 0 Å². The topological polar surface area (TPSA) is 17.1 Å². The van der Waals surface area contributed by atoms with Crippen molar-refractivity contribution in [3.05, 3.63) is 48.6 Å². The van der Waals surface area contributed by atoms with Gasteiger partial charge in [-0.15, -0.1) is 6.58 Å². The highest BCUT2D eigenvalue weighted by atomic mass is 16.1. The van der Waals surface area contributed by atoms with Crippen molar-refractivity contribution in [3.8, 4) is 0 Å². The van der Waals surface area contributed by atoms with E-state index < -0.39 is 0 Å². The summed E-state index contributed by atoms with van der Waals surface area (Å²) in [7, 11) is 0. The van der Waals surface area contributed by atoms with Gasteiger partial charge in [-0.1, -0.05) is 43.3 Å². The van der Waals surface area contributed by atoms with E-state index in [2.05, 4.69) is 6.58 Å². The van der Waals surface area contributed by atoms with Crippen LogP contribution in [0.5, 0.6) is 0 Å². The Morgan fingerprint density at radius 2 is 2.00 bits per heavy atom. The Balaban J connectivity index is 3.01. The molecule has 0 spiro atoms. The normalized spacial score (nSPS) is 14.4. The fraction of sp³-hybridized carbons (Fsp3) is 0.308. The van der Waals surface area contributed by atoms with Crippen LogP contribution < -0.4 is 0 Å². The van der Waals surface area contributed by atoms with E-state index in [1.165, 1.54) is 0 Å². The molecule has 0 saturated carbocycles. The summed E-state index contributed by atoms with van der Waals surface area (Å²) >= 11 is 0. The third-order valence-corrected chi connectivity index (χ3v) is 2.50. The Kier molecular flexibility index (Phi) is 3.23. The minimum atomic E-state index is -0.229. The summed E-state index contributed by atoms with van der Waals surface area (Å²) in [6.07, 6.45) is 2.37. The second-order valence-electron chi connectivity index (χ2n) is 3.87. The molecule has 14 heavy (non-hydrogen) atoms. The summed E-state index contributed by atoms with van der Waals surface area (Å²) in [5, 5.41) is 0. The largest absolute Gasteiger partial charge is 0.300 e. The lowest BCUT2D eigenvalue weighted by Gasteiger charge is -2.24. The highest BCUT2D eigenvalue weighted by molar-refractivity contribution is 5.77. The van der Waals surface area contributed by atoms with Crippen molar-refractivity contribution in [2.75, 3.05) is 0 Å². The molecule has 74 valence electrons. The summed E-state index contributed by atoms with van der Waals surface area (Å²) in [6.45, 7) is 7.46. The lowest BCUT2D eigenvalue weighted by molar-refractivity contribution is -0.117. The van der Waals surface area contributed by atoms with Gasteiger partial charge in [-0.2, -0.15) is 0 Å². The van der Waals surface area contributed by atoms with Gasteiger partial charge in [0.1, 0.15) is 5.78 Å². The first-order valence-electron chi connectivity index (χ1n) is 4.77. The standard InChI is InChI=1S/C13H16O/c1-4-13(3,10-11(2)14)12-8-6-5-7-9-12/h4-9H,1,10H2,2-3H3. The molecule has 0 aromatic heterocycles. The molecule has 1 aromatic rings. The van der Waals surface area contributed by atoms with Gasteiger partial charge in [0.2, 0.25) is 0 Å². The van der Waals surface area contributed by atoms with Crippen molar-refractivity contribution in [2.24, 2.45) is 0 Å². The quantitative estimate of drug-likeness (QED) is 0.663. The fourth-order valence-corrected chi connectivity index (χ4v) is 1.63. The highest BCUT2D eigenvalue weighted by Crippen LogP contribution is 2.28. The number of rotatable bonds is 4. The maximum atomic E-state index is 11.1. The number of Topliss-reactive ketones (excluding diaryl/α,β-unsaturated/α-hetero) is 1. The van der Waals surface area contributed by atoms with Crippen LogP contribution in [0.1, 0.15) is 25.8 Å². The van der Waals surface area contributed by atoms with Crippen LogP contribution in [0.25, 0.3) is 0 Å². The predicted molar refractivity (Wildman–Crippen MR) is 59.3 cm³/mol. The first kappa shape index (κ1) is 10.7. The molecule has 0 heterocycles. The third kappa shape index (κ3) is 2.32. The van der Waals surface area contributed by atoms with Gasteiger partial charge in [-0.3, -0.25) is 4.79 Å². The summed E-state index contributed by atoms with van der Waals surface area (Å²) in [6, 6.07) is 10.0. The monoisotopic (exact) mass is 188 g/mol. The van der Waals surface area contributed by atoms with Gasteiger partial charge in [0, 0.05) is 11.8 Å². The predicted octanol–water partition coefficient (Wildman–Crippen LogP) is 3.11. The maximum absolute atomic E-state index is 11.1. The minimum absolute atomic E-state index is 0.191. The van der Waals surface area contributed by atoms with E-state index in [-0.39, 0.29) is 11.2 Å². The van der Waals surface area contributed by atoms with Gasteiger partial charge in [-0.25, -0.2) is 0 Å². The van der Waals surface area contributed by atoms with Crippen molar-refractivity contribution in [1.29, 1.82) is 0 Å². The molecule has 0 amide bonds. The number of hydrogen-bond donors (Lipinski definition) is 0. The Bertz CT molecular complexity index is 326. The second-order valence-corrected chi connectivity index (χ2v) is 3.87. The van der Waals surface area contributed by atoms with E-state index in [0.717, 1.165) is 5.56 Å². The molecule has 0 saturated heterocycles. The van der Waals surface area contributed by atoms with Crippen molar-refractivity contribution in [2.45, 2.75) is 25.7 Å². The molecule has 1 rings (SSSR count). The zero-order valence-corrected chi connectivity index (χ0v) is 8.79. The van der Waals surface area contributed by atoms with Crippen LogP contribution in [0.15, 0.2) is 43.0 Å². The molecule has 0 fully saturated rings. The van der Waals surface area contributed by atoms with Crippen LogP contribution in [0.2, 0.25) is 0 Å². The number of carbonyl (C=O) groups is 1. The van der Waals surface area contributed by atoms with E-state index in [4.69, 9.17) is 0 Å². The first-order valence-corrected chi connectivity index (χ1v) is 4.77. The SMILES string of the molecule is C=CC(C)(CC(C)=O)c1ccccc1. The smallest absolute Gasteiger partial charge is 0.131 e. The van der Waals surface area contributed by atoms with Gasteiger partial charge in [-0.05, 0) is 12.5 Å². The minimum Gasteiger partial charge on any atom is -0.300 e. The zero-order chi connectivity index (χ0) is 10.6.